The number of unbranched alkanes of at least 4 members (excludes halogenated alkanes) is 1. The molecule has 2 unspecified atom stereocenters. The number of hydrogen-bond acceptors (Lipinski definition) is 4. The van der Waals surface area contributed by atoms with Crippen molar-refractivity contribution in [3.05, 3.63) is 23.8 Å². The van der Waals surface area contributed by atoms with E-state index in [0.717, 1.165) is 50.1 Å². The van der Waals surface area contributed by atoms with Crippen LogP contribution in [0.5, 0.6) is 11.5 Å². The Morgan fingerprint density at radius 3 is 3.00 bits per heavy atom. The van der Waals surface area contributed by atoms with Crippen molar-refractivity contribution in [3.63, 3.8) is 0 Å². The van der Waals surface area contributed by atoms with Gasteiger partial charge in [-0.2, -0.15) is 0 Å². The summed E-state index contributed by atoms with van der Waals surface area (Å²) in [5.74, 6) is 0.678. The number of carbonyl (C=O) groups is 1. The van der Waals surface area contributed by atoms with E-state index < -0.39 is 5.97 Å². The molecule has 0 aliphatic carbocycles. The molecule has 3 rings (SSSR count). The number of piperidine rings is 1. The fourth-order valence-electron chi connectivity index (χ4n) is 3.57. The third-order valence-corrected chi connectivity index (χ3v) is 4.86. The summed E-state index contributed by atoms with van der Waals surface area (Å²) in [6, 6.07) is 6.38. The largest absolute Gasteiger partial charge is 0.481 e. The number of nitrogens with zero attached hydrogens (tertiary/aromatic N) is 1. The van der Waals surface area contributed by atoms with E-state index in [9.17, 15) is 9.90 Å². The molecule has 1 saturated heterocycles. The van der Waals surface area contributed by atoms with Gasteiger partial charge in [-0.3, -0.25) is 9.69 Å². The molecular weight excluding hydrogens is 294 g/mol. The fraction of sp³-hybridized carbons (Fsp3) is 0.611. The Hall–Kier alpha value is -1.75. The highest BCUT2D eigenvalue weighted by Crippen LogP contribution is 2.38. The average Bonchev–Trinajstić information content (AvgIpc) is 3.03. The first-order chi connectivity index (χ1) is 11.2. The van der Waals surface area contributed by atoms with Gasteiger partial charge in [0.1, 0.15) is 0 Å². The molecule has 2 heterocycles. The van der Waals surface area contributed by atoms with Crippen LogP contribution < -0.4 is 9.47 Å². The Morgan fingerprint density at radius 1 is 1.39 bits per heavy atom. The van der Waals surface area contributed by atoms with E-state index in [1.54, 1.807) is 0 Å². The topological polar surface area (TPSA) is 59.0 Å². The number of likely N-dealkylation sites (tertiary alicyclic amines) is 1. The predicted octanol–water partition coefficient (Wildman–Crippen LogP) is 3.44. The molecule has 1 N–H and O–H groups in total. The Morgan fingerprint density at radius 2 is 2.22 bits per heavy atom. The van der Waals surface area contributed by atoms with Crippen LogP contribution in [0.2, 0.25) is 0 Å². The van der Waals surface area contributed by atoms with Crippen LogP contribution in [0.3, 0.4) is 0 Å². The van der Waals surface area contributed by atoms with Crippen LogP contribution in [0.4, 0.5) is 0 Å². The Bertz CT molecular complexity index is 560. The zero-order valence-electron chi connectivity index (χ0n) is 13.7. The highest BCUT2D eigenvalue weighted by atomic mass is 16.7. The van der Waals surface area contributed by atoms with Crippen molar-refractivity contribution in [2.75, 3.05) is 19.9 Å². The lowest BCUT2D eigenvalue weighted by molar-refractivity contribution is -0.144. The SMILES string of the molecule is CCCCC(c1ccc2c(c1)OCO2)N1CCCC(C(=O)O)C1. The van der Waals surface area contributed by atoms with Crippen molar-refractivity contribution in [2.24, 2.45) is 5.92 Å². The van der Waals surface area contributed by atoms with Gasteiger partial charge in [0.2, 0.25) is 6.79 Å². The number of rotatable bonds is 6. The second-order valence-electron chi connectivity index (χ2n) is 6.44. The fourth-order valence-corrected chi connectivity index (χ4v) is 3.57. The van der Waals surface area contributed by atoms with Crippen LogP contribution in [0.25, 0.3) is 0 Å². The number of carboxylic acid groups (broad SMARTS) is 1. The summed E-state index contributed by atoms with van der Waals surface area (Å²) >= 11 is 0. The summed E-state index contributed by atoms with van der Waals surface area (Å²) in [6.07, 6.45) is 5.05. The highest BCUT2D eigenvalue weighted by molar-refractivity contribution is 5.70. The standard InChI is InChI=1S/C18H25NO4/c1-2-3-6-15(19-9-4-5-14(11-19)18(20)21)13-7-8-16-17(10-13)23-12-22-16/h7-8,10,14-15H,2-6,9,11-12H2,1H3,(H,20,21). The zero-order chi connectivity index (χ0) is 16.2. The first-order valence-electron chi connectivity index (χ1n) is 8.55. The number of benzene rings is 1. The van der Waals surface area contributed by atoms with Crippen LogP contribution >= 0.6 is 0 Å². The molecule has 0 aromatic heterocycles. The molecule has 0 radical (unpaired) electrons. The van der Waals surface area contributed by atoms with Crippen molar-refractivity contribution in [1.82, 2.24) is 4.90 Å². The van der Waals surface area contributed by atoms with Gasteiger partial charge in [0.05, 0.1) is 5.92 Å². The normalized spacial score (nSPS) is 22.0. The number of fused-ring (bicyclic) bond motifs is 1. The molecule has 0 spiro atoms. The summed E-state index contributed by atoms with van der Waals surface area (Å²) in [5, 5.41) is 9.35. The first-order valence-corrected chi connectivity index (χ1v) is 8.55. The molecule has 0 bridgehead atoms. The monoisotopic (exact) mass is 319 g/mol. The summed E-state index contributed by atoms with van der Waals surface area (Å²) in [6.45, 7) is 4.07. The Kier molecular flexibility index (Phi) is 5.06. The van der Waals surface area contributed by atoms with Gasteiger partial charge >= 0.3 is 5.97 Å². The molecule has 5 heteroatoms. The predicted molar refractivity (Wildman–Crippen MR) is 86.8 cm³/mol. The molecule has 2 aliphatic rings. The number of ether oxygens (including phenoxy) is 2. The minimum Gasteiger partial charge on any atom is -0.481 e. The first kappa shape index (κ1) is 16.1. The molecule has 2 atom stereocenters. The number of aliphatic carboxylic acids is 1. The molecule has 0 saturated carbocycles. The maximum absolute atomic E-state index is 11.4. The van der Waals surface area contributed by atoms with Gasteiger partial charge in [0.15, 0.2) is 11.5 Å². The summed E-state index contributed by atoms with van der Waals surface area (Å²) in [4.78, 5) is 13.7. The van der Waals surface area contributed by atoms with Crippen LogP contribution in [-0.2, 0) is 4.79 Å². The van der Waals surface area contributed by atoms with Gasteiger partial charge in [-0.15, -0.1) is 0 Å². The zero-order valence-corrected chi connectivity index (χ0v) is 13.7. The Balaban J connectivity index is 1.80. The van der Waals surface area contributed by atoms with E-state index in [0.29, 0.717) is 6.54 Å². The third-order valence-electron chi connectivity index (χ3n) is 4.86. The van der Waals surface area contributed by atoms with E-state index in [2.05, 4.69) is 24.0 Å². The minimum absolute atomic E-state index is 0.248. The van der Waals surface area contributed by atoms with Crippen LogP contribution in [0.1, 0.15) is 50.6 Å². The second-order valence-corrected chi connectivity index (χ2v) is 6.44. The van der Waals surface area contributed by atoms with E-state index >= 15 is 0 Å². The molecular formula is C18H25NO4. The third kappa shape index (κ3) is 3.61. The number of carboxylic acids is 1. The second kappa shape index (κ2) is 7.21. The van der Waals surface area contributed by atoms with Crippen molar-refractivity contribution in [3.8, 4) is 11.5 Å². The minimum atomic E-state index is -0.672. The lowest BCUT2D eigenvalue weighted by Crippen LogP contribution is -2.40. The van der Waals surface area contributed by atoms with Crippen LogP contribution in [0, 0.1) is 5.92 Å². The molecule has 126 valence electrons. The van der Waals surface area contributed by atoms with Gasteiger partial charge in [-0.25, -0.2) is 0 Å². The lowest BCUT2D eigenvalue weighted by Gasteiger charge is -2.37. The molecule has 23 heavy (non-hydrogen) atoms. The van der Waals surface area contributed by atoms with Crippen molar-refractivity contribution in [2.45, 2.75) is 45.1 Å². The molecule has 5 nitrogen and oxygen atoms in total. The van der Waals surface area contributed by atoms with E-state index in [4.69, 9.17) is 9.47 Å². The molecule has 1 fully saturated rings. The van der Waals surface area contributed by atoms with Crippen LogP contribution in [0.15, 0.2) is 18.2 Å². The van der Waals surface area contributed by atoms with Crippen LogP contribution in [-0.4, -0.2) is 35.9 Å². The van der Waals surface area contributed by atoms with Crippen molar-refractivity contribution >= 4 is 5.97 Å². The van der Waals surface area contributed by atoms with Gasteiger partial charge in [0.25, 0.3) is 0 Å². The molecule has 0 amide bonds. The lowest BCUT2D eigenvalue weighted by atomic mass is 9.92. The van der Waals surface area contributed by atoms with Gasteiger partial charge in [-0.1, -0.05) is 25.8 Å². The van der Waals surface area contributed by atoms with E-state index in [-0.39, 0.29) is 18.8 Å². The molecule has 2 aliphatic heterocycles. The van der Waals surface area contributed by atoms with Gasteiger partial charge in [-0.05, 0) is 43.5 Å². The average molecular weight is 319 g/mol. The number of hydrogen-bond donors (Lipinski definition) is 1. The molecule has 1 aromatic rings. The van der Waals surface area contributed by atoms with E-state index in [1.165, 1.54) is 5.56 Å². The Labute approximate surface area is 137 Å². The summed E-state index contributed by atoms with van der Waals surface area (Å²) in [5.41, 5.74) is 1.20. The van der Waals surface area contributed by atoms with Crippen molar-refractivity contribution in [1.29, 1.82) is 0 Å². The van der Waals surface area contributed by atoms with Gasteiger partial charge in [0, 0.05) is 12.6 Å². The summed E-state index contributed by atoms with van der Waals surface area (Å²) < 4.78 is 10.9. The van der Waals surface area contributed by atoms with Gasteiger partial charge < -0.3 is 14.6 Å². The summed E-state index contributed by atoms with van der Waals surface area (Å²) in [7, 11) is 0. The maximum atomic E-state index is 11.4. The quantitative estimate of drug-likeness (QED) is 0.870. The molecule has 1 aromatic carbocycles. The van der Waals surface area contributed by atoms with E-state index in [1.807, 2.05) is 6.07 Å². The smallest absolute Gasteiger partial charge is 0.307 e. The highest BCUT2D eigenvalue weighted by Gasteiger charge is 2.30. The maximum Gasteiger partial charge on any atom is 0.307 e. The van der Waals surface area contributed by atoms with Crippen molar-refractivity contribution < 1.29 is 19.4 Å².